The summed E-state index contributed by atoms with van der Waals surface area (Å²) in [5.74, 6) is 0.852. The molecule has 0 aliphatic rings. The molecule has 98 valence electrons. The highest BCUT2D eigenvalue weighted by Gasteiger charge is 2.08. The highest BCUT2D eigenvalue weighted by molar-refractivity contribution is 5.90. The molecule has 0 saturated heterocycles. The van der Waals surface area contributed by atoms with Crippen LogP contribution in [0.15, 0.2) is 42.6 Å². The minimum atomic E-state index is -0.398. The summed E-state index contributed by atoms with van der Waals surface area (Å²) in [5.41, 5.74) is 1.22. The number of anilines is 2. The minimum absolute atomic E-state index is 0.398. The van der Waals surface area contributed by atoms with E-state index in [0.29, 0.717) is 17.1 Å². The molecular formula is C14H14N2O3. The standard InChI is InChI=1S/C14H14N2O3/c1-18-12-6-4-3-5-11(12)16-13-9-10(7-8-15-13)14(17)19-2/h3-9H,1-2H3,(H,15,16). The summed E-state index contributed by atoms with van der Waals surface area (Å²) in [6, 6.07) is 10.7. The van der Waals surface area contributed by atoms with Crippen LogP contribution in [-0.4, -0.2) is 25.2 Å². The quantitative estimate of drug-likeness (QED) is 0.854. The van der Waals surface area contributed by atoms with Gasteiger partial charge in [-0.2, -0.15) is 0 Å². The molecule has 0 fully saturated rings. The average molecular weight is 258 g/mol. The molecule has 1 aromatic heterocycles. The highest BCUT2D eigenvalue weighted by Crippen LogP contribution is 2.26. The molecular weight excluding hydrogens is 244 g/mol. The number of pyridine rings is 1. The van der Waals surface area contributed by atoms with E-state index in [9.17, 15) is 4.79 Å². The van der Waals surface area contributed by atoms with Crippen molar-refractivity contribution >= 4 is 17.5 Å². The fraction of sp³-hybridized carbons (Fsp3) is 0.143. The van der Waals surface area contributed by atoms with Crippen LogP contribution in [0.25, 0.3) is 0 Å². The van der Waals surface area contributed by atoms with Crippen molar-refractivity contribution in [2.24, 2.45) is 0 Å². The van der Waals surface area contributed by atoms with Gasteiger partial charge in [0.1, 0.15) is 11.6 Å². The number of aromatic nitrogens is 1. The first-order valence-electron chi connectivity index (χ1n) is 5.69. The number of hydrogen-bond donors (Lipinski definition) is 1. The van der Waals surface area contributed by atoms with Crippen molar-refractivity contribution in [2.45, 2.75) is 0 Å². The zero-order valence-electron chi connectivity index (χ0n) is 10.7. The van der Waals surface area contributed by atoms with Gasteiger partial charge in [-0.25, -0.2) is 9.78 Å². The van der Waals surface area contributed by atoms with Crippen LogP contribution in [-0.2, 0) is 4.74 Å². The van der Waals surface area contributed by atoms with Crippen molar-refractivity contribution in [1.82, 2.24) is 4.98 Å². The summed E-state index contributed by atoms with van der Waals surface area (Å²) < 4.78 is 9.90. The molecule has 0 spiro atoms. The topological polar surface area (TPSA) is 60.5 Å². The Morgan fingerprint density at radius 1 is 1.21 bits per heavy atom. The SMILES string of the molecule is COC(=O)c1ccnc(Nc2ccccc2OC)c1. The van der Waals surface area contributed by atoms with E-state index in [1.54, 1.807) is 25.4 Å². The predicted octanol–water partition coefficient (Wildman–Crippen LogP) is 2.62. The zero-order chi connectivity index (χ0) is 13.7. The van der Waals surface area contributed by atoms with Crippen LogP contribution in [0.3, 0.4) is 0 Å². The van der Waals surface area contributed by atoms with Crippen LogP contribution < -0.4 is 10.1 Å². The number of nitrogens with one attached hydrogen (secondary N) is 1. The Labute approximate surface area is 111 Å². The van der Waals surface area contributed by atoms with Gasteiger partial charge in [0.05, 0.1) is 25.5 Å². The van der Waals surface area contributed by atoms with Gasteiger partial charge in [-0.15, -0.1) is 0 Å². The number of methoxy groups -OCH3 is 2. The number of esters is 1. The molecule has 2 aromatic rings. The first-order chi connectivity index (χ1) is 9.24. The van der Waals surface area contributed by atoms with Crippen LogP contribution in [0, 0.1) is 0 Å². The molecule has 0 unspecified atom stereocenters. The summed E-state index contributed by atoms with van der Waals surface area (Å²) in [4.78, 5) is 15.6. The fourth-order valence-electron chi connectivity index (χ4n) is 1.63. The van der Waals surface area contributed by atoms with Crippen molar-refractivity contribution in [3.05, 3.63) is 48.2 Å². The number of benzene rings is 1. The maximum absolute atomic E-state index is 11.4. The lowest BCUT2D eigenvalue weighted by atomic mass is 10.2. The smallest absolute Gasteiger partial charge is 0.338 e. The lowest BCUT2D eigenvalue weighted by Crippen LogP contribution is -2.03. The van der Waals surface area contributed by atoms with E-state index < -0.39 is 5.97 Å². The van der Waals surface area contributed by atoms with Crippen LogP contribution >= 0.6 is 0 Å². The molecule has 0 aliphatic carbocycles. The molecule has 19 heavy (non-hydrogen) atoms. The summed E-state index contributed by atoms with van der Waals surface area (Å²) in [7, 11) is 2.94. The van der Waals surface area contributed by atoms with E-state index in [1.807, 2.05) is 24.3 Å². The third-order valence-corrected chi connectivity index (χ3v) is 2.55. The number of carbonyl (C=O) groups is 1. The maximum Gasteiger partial charge on any atom is 0.338 e. The second-order valence-electron chi connectivity index (χ2n) is 3.75. The molecule has 5 nitrogen and oxygen atoms in total. The van der Waals surface area contributed by atoms with Gasteiger partial charge in [-0.05, 0) is 24.3 Å². The number of hydrogen-bond acceptors (Lipinski definition) is 5. The van der Waals surface area contributed by atoms with Crippen LogP contribution in [0.2, 0.25) is 0 Å². The third kappa shape index (κ3) is 3.01. The zero-order valence-corrected chi connectivity index (χ0v) is 10.7. The lowest BCUT2D eigenvalue weighted by molar-refractivity contribution is 0.0600. The second kappa shape index (κ2) is 5.86. The van der Waals surface area contributed by atoms with Gasteiger partial charge in [0.15, 0.2) is 0 Å². The minimum Gasteiger partial charge on any atom is -0.495 e. The lowest BCUT2D eigenvalue weighted by Gasteiger charge is -2.10. The van der Waals surface area contributed by atoms with Gasteiger partial charge in [0.25, 0.3) is 0 Å². The molecule has 0 amide bonds. The van der Waals surface area contributed by atoms with Gasteiger partial charge in [-0.3, -0.25) is 0 Å². The van der Waals surface area contributed by atoms with E-state index in [2.05, 4.69) is 15.0 Å². The Morgan fingerprint density at radius 3 is 2.74 bits per heavy atom. The number of para-hydroxylation sites is 2. The van der Waals surface area contributed by atoms with Crippen molar-refractivity contribution in [3.8, 4) is 5.75 Å². The van der Waals surface area contributed by atoms with Crippen LogP contribution in [0.1, 0.15) is 10.4 Å². The number of ether oxygens (including phenoxy) is 2. The Morgan fingerprint density at radius 2 is 2.00 bits per heavy atom. The predicted molar refractivity (Wildman–Crippen MR) is 71.9 cm³/mol. The Hall–Kier alpha value is -2.56. The van der Waals surface area contributed by atoms with Crippen molar-refractivity contribution in [1.29, 1.82) is 0 Å². The first-order valence-corrected chi connectivity index (χ1v) is 5.69. The number of carbonyl (C=O) groups excluding carboxylic acids is 1. The van der Waals surface area contributed by atoms with Gasteiger partial charge in [-0.1, -0.05) is 12.1 Å². The van der Waals surface area contributed by atoms with Crippen LogP contribution in [0.4, 0.5) is 11.5 Å². The van der Waals surface area contributed by atoms with Gasteiger partial charge < -0.3 is 14.8 Å². The summed E-state index contributed by atoms with van der Waals surface area (Å²) in [5, 5.41) is 3.10. The second-order valence-corrected chi connectivity index (χ2v) is 3.75. The first kappa shape index (κ1) is 12.9. The summed E-state index contributed by atoms with van der Waals surface area (Å²) in [6.07, 6.45) is 1.55. The van der Waals surface area contributed by atoms with E-state index in [1.165, 1.54) is 7.11 Å². The van der Waals surface area contributed by atoms with E-state index in [4.69, 9.17) is 4.74 Å². The largest absolute Gasteiger partial charge is 0.495 e. The van der Waals surface area contributed by atoms with E-state index in [-0.39, 0.29) is 0 Å². The molecule has 0 aliphatic heterocycles. The molecule has 2 rings (SSSR count). The highest BCUT2D eigenvalue weighted by atomic mass is 16.5. The fourth-order valence-corrected chi connectivity index (χ4v) is 1.63. The molecule has 0 radical (unpaired) electrons. The van der Waals surface area contributed by atoms with Crippen LogP contribution in [0.5, 0.6) is 5.75 Å². The molecule has 1 aromatic carbocycles. The normalized spacial score (nSPS) is 9.79. The Bertz CT molecular complexity index is 584. The van der Waals surface area contributed by atoms with E-state index in [0.717, 1.165) is 5.69 Å². The maximum atomic E-state index is 11.4. The van der Waals surface area contributed by atoms with Gasteiger partial charge in [0, 0.05) is 6.20 Å². The monoisotopic (exact) mass is 258 g/mol. The van der Waals surface area contributed by atoms with Crippen molar-refractivity contribution in [3.63, 3.8) is 0 Å². The number of rotatable bonds is 4. The van der Waals surface area contributed by atoms with Gasteiger partial charge >= 0.3 is 5.97 Å². The molecule has 0 saturated carbocycles. The molecule has 1 N–H and O–H groups in total. The third-order valence-electron chi connectivity index (χ3n) is 2.55. The van der Waals surface area contributed by atoms with Crippen molar-refractivity contribution in [2.75, 3.05) is 19.5 Å². The molecule has 5 heteroatoms. The number of nitrogens with zero attached hydrogens (tertiary/aromatic N) is 1. The molecule has 1 heterocycles. The summed E-state index contributed by atoms with van der Waals surface area (Å²) >= 11 is 0. The Kier molecular flexibility index (Phi) is 3.97. The van der Waals surface area contributed by atoms with Gasteiger partial charge in [0.2, 0.25) is 0 Å². The summed E-state index contributed by atoms with van der Waals surface area (Å²) in [6.45, 7) is 0. The molecule has 0 bridgehead atoms. The average Bonchev–Trinajstić information content (AvgIpc) is 2.47. The van der Waals surface area contributed by atoms with Crippen molar-refractivity contribution < 1.29 is 14.3 Å². The Balaban J connectivity index is 2.26. The molecule has 0 atom stereocenters. The van der Waals surface area contributed by atoms with E-state index >= 15 is 0 Å².